The van der Waals surface area contributed by atoms with Crippen LogP contribution in [0.15, 0.2) is 15.9 Å². The molecule has 0 saturated heterocycles. The minimum absolute atomic E-state index is 0.0900. The number of thiophene rings is 1. The fourth-order valence-corrected chi connectivity index (χ4v) is 2.37. The molecule has 0 aliphatic carbocycles. The maximum absolute atomic E-state index is 11.3. The average Bonchev–Trinajstić information content (AvgIpc) is 2.59. The Morgan fingerprint density at radius 1 is 1.79 bits per heavy atom. The smallest absolute Gasteiger partial charge is 0.237 e. The van der Waals surface area contributed by atoms with Crippen molar-refractivity contribution in [1.82, 2.24) is 5.32 Å². The van der Waals surface area contributed by atoms with Gasteiger partial charge in [0.15, 0.2) is 0 Å². The van der Waals surface area contributed by atoms with E-state index in [0.717, 1.165) is 9.35 Å². The molecule has 1 unspecified atom stereocenters. The largest absolute Gasteiger partial charge is 0.350 e. The number of nitrogens with one attached hydrogen (secondary N) is 1. The molecule has 0 radical (unpaired) electrons. The summed E-state index contributed by atoms with van der Waals surface area (Å²) in [6.45, 7) is 2.44. The summed E-state index contributed by atoms with van der Waals surface area (Å²) in [7, 11) is 0. The molecule has 3 N–H and O–H groups in total. The molecule has 1 atom stereocenters. The zero-order chi connectivity index (χ0) is 10.6. The van der Waals surface area contributed by atoms with Crippen LogP contribution in [0, 0.1) is 0 Å². The zero-order valence-electron chi connectivity index (χ0n) is 7.92. The Labute approximate surface area is 95.8 Å². The summed E-state index contributed by atoms with van der Waals surface area (Å²) in [6.07, 6.45) is 0.664. The number of carbonyl (C=O) groups is 1. The normalized spacial score (nSPS) is 12.5. The Bertz CT molecular complexity index is 314. The summed E-state index contributed by atoms with van der Waals surface area (Å²) in [5.74, 6) is -0.0900. The Morgan fingerprint density at radius 2 is 2.50 bits per heavy atom. The number of hydrogen-bond acceptors (Lipinski definition) is 3. The second-order valence-corrected chi connectivity index (χ2v) is 4.78. The highest BCUT2D eigenvalue weighted by Crippen LogP contribution is 2.22. The van der Waals surface area contributed by atoms with Gasteiger partial charge in [-0.1, -0.05) is 6.92 Å². The second-order valence-electron chi connectivity index (χ2n) is 2.92. The van der Waals surface area contributed by atoms with E-state index in [1.165, 1.54) is 0 Å². The van der Waals surface area contributed by atoms with Crippen LogP contribution in [0.5, 0.6) is 0 Å². The minimum Gasteiger partial charge on any atom is -0.350 e. The molecule has 14 heavy (non-hydrogen) atoms. The average molecular weight is 277 g/mol. The second kappa shape index (κ2) is 5.48. The molecule has 0 aromatic carbocycles. The van der Waals surface area contributed by atoms with E-state index in [4.69, 9.17) is 5.73 Å². The third-order valence-electron chi connectivity index (χ3n) is 1.89. The number of carbonyl (C=O) groups excluding carboxylic acids is 1. The molecule has 1 aromatic rings. The highest BCUT2D eigenvalue weighted by molar-refractivity contribution is 9.10. The van der Waals surface area contributed by atoms with E-state index in [0.29, 0.717) is 13.0 Å². The molecule has 0 aliphatic heterocycles. The summed E-state index contributed by atoms with van der Waals surface area (Å²) in [6, 6.07) is 1.57. The topological polar surface area (TPSA) is 55.1 Å². The monoisotopic (exact) mass is 276 g/mol. The summed E-state index contributed by atoms with van der Waals surface area (Å²) in [5, 5.41) is 4.77. The zero-order valence-corrected chi connectivity index (χ0v) is 10.3. The van der Waals surface area contributed by atoms with Gasteiger partial charge in [0.2, 0.25) is 5.91 Å². The molecule has 1 aromatic heterocycles. The highest BCUT2D eigenvalue weighted by atomic mass is 79.9. The Kier molecular flexibility index (Phi) is 4.57. The van der Waals surface area contributed by atoms with Crippen molar-refractivity contribution in [2.24, 2.45) is 5.73 Å². The first-order chi connectivity index (χ1) is 6.65. The fourth-order valence-electron chi connectivity index (χ4n) is 0.935. The molecule has 1 rings (SSSR count). The number of hydrogen-bond donors (Lipinski definition) is 2. The lowest BCUT2D eigenvalue weighted by molar-refractivity contribution is -0.122. The van der Waals surface area contributed by atoms with E-state index >= 15 is 0 Å². The van der Waals surface area contributed by atoms with Gasteiger partial charge in [-0.15, -0.1) is 11.3 Å². The van der Waals surface area contributed by atoms with Crippen LogP contribution in [0.4, 0.5) is 0 Å². The van der Waals surface area contributed by atoms with Crippen LogP contribution in [0.3, 0.4) is 0 Å². The predicted octanol–water partition coefficient (Wildman–Crippen LogP) is 1.86. The molecule has 0 spiro atoms. The van der Waals surface area contributed by atoms with Gasteiger partial charge in [-0.3, -0.25) is 4.79 Å². The van der Waals surface area contributed by atoms with Crippen molar-refractivity contribution in [2.75, 3.05) is 0 Å². The van der Waals surface area contributed by atoms with Crippen molar-refractivity contribution in [2.45, 2.75) is 25.9 Å². The first kappa shape index (κ1) is 11.7. The summed E-state index contributed by atoms with van der Waals surface area (Å²) < 4.78 is 1.04. The van der Waals surface area contributed by atoms with Crippen molar-refractivity contribution in [3.63, 3.8) is 0 Å². The SMILES string of the molecule is CCC(N)C(=O)NCc1sccc1Br. The maximum atomic E-state index is 11.3. The van der Waals surface area contributed by atoms with Crippen LogP contribution in [-0.4, -0.2) is 11.9 Å². The molecular weight excluding hydrogens is 264 g/mol. The molecule has 1 heterocycles. The lowest BCUT2D eigenvalue weighted by atomic mass is 10.2. The van der Waals surface area contributed by atoms with Gasteiger partial charge >= 0.3 is 0 Å². The van der Waals surface area contributed by atoms with E-state index < -0.39 is 6.04 Å². The Hall–Kier alpha value is -0.390. The van der Waals surface area contributed by atoms with Crippen LogP contribution in [0.1, 0.15) is 18.2 Å². The molecule has 3 nitrogen and oxygen atoms in total. The van der Waals surface area contributed by atoms with E-state index in [1.807, 2.05) is 18.4 Å². The standard InChI is InChI=1S/C9H13BrN2OS/c1-2-7(11)9(13)12-5-8-6(10)3-4-14-8/h3-4,7H,2,5,11H2,1H3,(H,12,13). The van der Waals surface area contributed by atoms with Crippen LogP contribution >= 0.6 is 27.3 Å². The van der Waals surface area contributed by atoms with Gasteiger partial charge in [-0.05, 0) is 33.8 Å². The van der Waals surface area contributed by atoms with Crippen molar-refractivity contribution in [1.29, 1.82) is 0 Å². The summed E-state index contributed by atoms with van der Waals surface area (Å²) in [5.41, 5.74) is 5.57. The van der Waals surface area contributed by atoms with Crippen LogP contribution in [-0.2, 0) is 11.3 Å². The third kappa shape index (κ3) is 3.08. The fraction of sp³-hybridized carbons (Fsp3) is 0.444. The first-order valence-electron chi connectivity index (χ1n) is 4.40. The van der Waals surface area contributed by atoms with Gasteiger partial charge < -0.3 is 11.1 Å². The van der Waals surface area contributed by atoms with E-state index in [9.17, 15) is 4.79 Å². The van der Waals surface area contributed by atoms with Crippen molar-refractivity contribution < 1.29 is 4.79 Å². The lowest BCUT2D eigenvalue weighted by Crippen LogP contribution is -2.39. The van der Waals surface area contributed by atoms with E-state index in [1.54, 1.807) is 11.3 Å². The molecule has 0 bridgehead atoms. The third-order valence-corrected chi connectivity index (χ3v) is 3.82. The van der Waals surface area contributed by atoms with E-state index in [2.05, 4.69) is 21.2 Å². The number of halogens is 1. The summed E-state index contributed by atoms with van der Waals surface area (Å²) in [4.78, 5) is 12.4. The maximum Gasteiger partial charge on any atom is 0.237 e. The molecule has 0 aliphatic rings. The van der Waals surface area contributed by atoms with Gasteiger partial charge in [0.1, 0.15) is 0 Å². The Balaban J connectivity index is 2.41. The number of amides is 1. The number of rotatable bonds is 4. The van der Waals surface area contributed by atoms with Gasteiger partial charge in [0.25, 0.3) is 0 Å². The van der Waals surface area contributed by atoms with Crippen molar-refractivity contribution in [3.8, 4) is 0 Å². The van der Waals surface area contributed by atoms with E-state index in [-0.39, 0.29) is 5.91 Å². The number of nitrogens with two attached hydrogens (primary N) is 1. The Morgan fingerprint density at radius 3 is 3.00 bits per heavy atom. The molecule has 0 fully saturated rings. The predicted molar refractivity (Wildman–Crippen MR) is 62.1 cm³/mol. The molecule has 1 amide bonds. The first-order valence-corrected chi connectivity index (χ1v) is 6.07. The van der Waals surface area contributed by atoms with Crippen molar-refractivity contribution in [3.05, 3.63) is 20.8 Å². The highest BCUT2D eigenvalue weighted by Gasteiger charge is 2.10. The quantitative estimate of drug-likeness (QED) is 0.882. The molecule has 0 saturated carbocycles. The van der Waals surface area contributed by atoms with Crippen LogP contribution in [0.25, 0.3) is 0 Å². The molecular formula is C9H13BrN2OS. The van der Waals surface area contributed by atoms with Crippen LogP contribution in [0.2, 0.25) is 0 Å². The molecule has 78 valence electrons. The van der Waals surface area contributed by atoms with Gasteiger partial charge in [0, 0.05) is 9.35 Å². The van der Waals surface area contributed by atoms with Crippen LogP contribution < -0.4 is 11.1 Å². The molecule has 5 heteroatoms. The van der Waals surface area contributed by atoms with Gasteiger partial charge in [-0.25, -0.2) is 0 Å². The van der Waals surface area contributed by atoms with Crippen molar-refractivity contribution >= 4 is 33.2 Å². The van der Waals surface area contributed by atoms with Gasteiger partial charge in [0.05, 0.1) is 12.6 Å². The lowest BCUT2D eigenvalue weighted by Gasteiger charge is -2.09. The summed E-state index contributed by atoms with van der Waals surface area (Å²) >= 11 is 5.01. The van der Waals surface area contributed by atoms with Gasteiger partial charge in [-0.2, -0.15) is 0 Å². The minimum atomic E-state index is -0.395.